The fraction of sp³-hybridized carbons (Fsp3) is 0.909. The Labute approximate surface area is 91.2 Å². The highest BCUT2D eigenvalue weighted by atomic mass is 16.4. The van der Waals surface area contributed by atoms with Crippen molar-refractivity contribution in [1.29, 1.82) is 0 Å². The summed E-state index contributed by atoms with van der Waals surface area (Å²) in [6.45, 7) is -0.508. The fourth-order valence-corrected chi connectivity index (χ4v) is 1.11. The lowest BCUT2D eigenvalue weighted by Crippen LogP contribution is -2.32. The van der Waals surface area contributed by atoms with Gasteiger partial charge in [-0.05, 0) is 17.3 Å². The summed E-state index contributed by atoms with van der Waals surface area (Å²) in [6.07, 6.45) is -0.431. The summed E-state index contributed by atoms with van der Waals surface area (Å²) in [7, 11) is 0. The number of hydrogen-bond acceptors (Lipinski definition) is 1. The van der Waals surface area contributed by atoms with Gasteiger partial charge in [0.1, 0.15) is 0 Å². The monoisotopic (exact) mass is 193 g/mol. The van der Waals surface area contributed by atoms with Crippen molar-refractivity contribution in [3.05, 3.63) is 0 Å². The molecule has 0 amide bonds. The third-order valence-corrected chi connectivity index (χ3v) is 1.76. The minimum atomic E-state index is -3.11. The highest BCUT2D eigenvalue weighted by Gasteiger charge is 2.34. The molecule has 0 fully saturated rings. The first kappa shape index (κ1) is 4.81. The van der Waals surface area contributed by atoms with Crippen LogP contribution in [0, 0.1) is 16.7 Å². The van der Waals surface area contributed by atoms with E-state index in [9.17, 15) is 9.90 Å². The van der Waals surface area contributed by atoms with Crippen LogP contribution < -0.4 is 0 Å². The minimum Gasteiger partial charge on any atom is -0.481 e. The average molecular weight is 193 g/mol. The zero-order chi connectivity index (χ0) is 16.8. The van der Waals surface area contributed by atoms with Gasteiger partial charge in [0.2, 0.25) is 0 Å². The third-order valence-electron chi connectivity index (χ3n) is 1.76. The van der Waals surface area contributed by atoms with E-state index in [0.29, 0.717) is 0 Å². The number of rotatable bonds is 3. The molecule has 0 heterocycles. The maximum absolute atomic E-state index is 11.4. The smallest absolute Gasteiger partial charge is 0.306 e. The summed E-state index contributed by atoms with van der Waals surface area (Å²) in [5, 5.41) is 9.21. The largest absolute Gasteiger partial charge is 0.481 e. The van der Waals surface area contributed by atoms with E-state index in [1.807, 2.05) is 0 Å². The second kappa shape index (κ2) is 3.69. The maximum Gasteiger partial charge on any atom is 0.306 e. The van der Waals surface area contributed by atoms with Crippen LogP contribution in [0.25, 0.3) is 0 Å². The lowest BCUT2D eigenvalue weighted by Gasteiger charge is -2.35. The van der Waals surface area contributed by atoms with Gasteiger partial charge in [0.15, 0.2) is 0 Å². The van der Waals surface area contributed by atoms with Gasteiger partial charge in [-0.1, -0.05) is 41.4 Å². The van der Waals surface area contributed by atoms with Crippen LogP contribution in [0.1, 0.15) is 57.4 Å². The Hall–Kier alpha value is -0.530. The number of carboxylic acid groups (broad SMARTS) is 1. The normalized spacial score (nSPS) is 27.8. The number of carboxylic acids is 1. The summed E-state index contributed by atoms with van der Waals surface area (Å²) in [5.41, 5.74) is -3.42. The summed E-state index contributed by atoms with van der Waals surface area (Å²) < 4.78 is 53.6. The Morgan fingerprint density at radius 2 is 2.00 bits per heavy atom. The van der Waals surface area contributed by atoms with Crippen LogP contribution in [-0.2, 0) is 4.79 Å². The molecule has 0 aromatic rings. The zero-order valence-electron chi connectivity index (χ0n) is 15.6. The molecule has 0 bridgehead atoms. The molecule has 1 atom stereocenters. The Kier molecular flexibility index (Phi) is 1.36. The van der Waals surface area contributed by atoms with Crippen LogP contribution in [0.4, 0.5) is 0 Å². The molecular weight excluding hydrogens is 164 g/mol. The molecule has 0 radical (unpaired) electrons. The van der Waals surface area contributed by atoms with E-state index < -0.39 is 42.8 Å². The second-order valence-electron chi connectivity index (χ2n) is 4.57. The molecule has 0 rings (SSSR count). The van der Waals surface area contributed by atoms with E-state index in [1.165, 1.54) is 0 Å². The Bertz CT molecular complexity index is 360. The van der Waals surface area contributed by atoms with Crippen molar-refractivity contribution >= 4 is 5.97 Å². The van der Waals surface area contributed by atoms with E-state index in [1.54, 1.807) is 20.8 Å². The molecule has 0 spiro atoms. The van der Waals surface area contributed by atoms with Crippen LogP contribution in [0.15, 0.2) is 0 Å². The molecule has 0 aliphatic carbocycles. The van der Waals surface area contributed by atoms with Crippen LogP contribution in [-0.4, -0.2) is 11.1 Å². The van der Waals surface area contributed by atoms with Gasteiger partial charge in [0, 0.05) is 9.60 Å². The van der Waals surface area contributed by atoms with E-state index in [0.717, 1.165) is 6.92 Å². The van der Waals surface area contributed by atoms with Crippen LogP contribution >= 0.6 is 0 Å². The standard InChI is InChI=1S/C11H22O2/c1-8(9(12)13)11(5,6)7-10(2,3)4/h8H,7H2,1-6H3,(H,12,13)/i5D3,6D3,8D. The van der Waals surface area contributed by atoms with E-state index in [2.05, 4.69) is 0 Å². The lowest BCUT2D eigenvalue weighted by molar-refractivity contribution is -0.145. The van der Waals surface area contributed by atoms with Gasteiger partial charge < -0.3 is 5.11 Å². The van der Waals surface area contributed by atoms with Crippen molar-refractivity contribution in [1.82, 2.24) is 0 Å². The third kappa shape index (κ3) is 4.30. The summed E-state index contributed by atoms with van der Waals surface area (Å²) in [6, 6.07) is 0. The molecule has 0 saturated heterocycles. The quantitative estimate of drug-likeness (QED) is 0.747. The van der Waals surface area contributed by atoms with E-state index in [-0.39, 0.29) is 0 Å². The topological polar surface area (TPSA) is 37.3 Å². The number of hydrogen-bond donors (Lipinski definition) is 1. The fourth-order valence-electron chi connectivity index (χ4n) is 1.11. The molecule has 1 N–H and O–H groups in total. The Balaban J connectivity index is 6.49. The molecule has 1 unspecified atom stereocenters. The molecule has 0 saturated carbocycles. The van der Waals surface area contributed by atoms with E-state index in [4.69, 9.17) is 9.60 Å². The van der Waals surface area contributed by atoms with Gasteiger partial charge in [-0.25, -0.2) is 0 Å². The molecule has 0 aliphatic rings. The first-order chi connectivity index (χ1) is 8.40. The first-order valence-electron chi connectivity index (χ1n) is 7.63. The molecule has 13 heavy (non-hydrogen) atoms. The first-order valence-corrected chi connectivity index (χ1v) is 4.13. The maximum atomic E-state index is 11.4. The van der Waals surface area contributed by atoms with Crippen molar-refractivity contribution in [2.75, 3.05) is 0 Å². The van der Waals surface area contributed by atoms with Gasteiger partial charge in [-0.3, -0.25) is 4.79 Å². The van der Waals surface area contributed by atoms with Gasteiger partial charge in [-0.15, -0.1) is 0 Å². The van der Waals surface area contributed by atoms with Crippen molar-refractivity contribution < 1.29 is 19.5 Å². The molecule has 0 aromatic heterocycles. The summed E-state index contributed by atoms with van der Waals surface area (Å²) in [5.74, 6) is -4.43. The van der Waals surface area contributed by atoms with Crippen molar-refractivity contribution in [3.63, 3.8) is 0 Å². The SMILES string of the molecule is [2H]C([2H])([2H])C(CC(C)(C)C)(C([2H])([2H])[2H])C([2H])(C)C(=O)O. The highest BCUT2D eigenvalue weighted by molar-refractivity contribution is 5.70. The van der Waals surface area contributed by atoms with Crippen LogP contribution in [0.3, 0.4) is 0 Å². The van der Waals surface area contributed by atoms with Crippen LogP contribution in [0.5, 0.6) is 0 Å². The Morgan fingerprint density at radius 3 is 2.23 bits per heavy atom. The molecule has 78 valence electrons. The molecule has 0 aromatic carbocycles. The van der Waals surface area contributed by atoms with Gasteiger partial charge >= 0.3 is 5.97 Å². The predicted molar refractivity (Wildman–Crippen MR) is 54.7 cm³/mol. The molecule has 2 heteroatoms. The molecular formula is C11H22O2. The number of carbonyl (C=O) groups is 1. The number of aliphatic carboxylic acids is 1. The minimum absolute atomic E-state index is 0.431. The lowest BCUT2D eigenvalue weighted by atomic mass is 9.69. The zero-order valence-corrected chi connectivity index (χ0v) is 8.56. The van der Waals surface area contributed by atoms with Gasteiger partial charge in [-0.2, -0.15) is 0 Å². The summed E-state index contributed by atoms with van der Waals surface area (Å²) >= 11 is 0. The predicted octanol–water partition coefficient (Wildman–Crippen LogP) is 3.17. The molecule has 2 nitrogen and oxygen atoms in total. The average Bonchev–Trinajstić information content (AvgIpc) is 2.07. The van der Waals surface area contributed by atoms with Crippen molar-refractivity contribution in [3.8, 4) is 0 Å². The molecule has 0 aliphatic heterocycles. The van der Waals surface area contributed by atoms with E-state index >= 15 is 0 Å². The Morgan fingerprint density at radius 1 is 1.54 bits per heavy atom. The highest BCUT2D eigenvalue weighted by Crippen LogP contribution is 2.38. The second-order valence-corrected chi connectivity index (χ2v) is 4.57. The van der Waals surface area contributed by atoms with Crippen molar-refractivity contribution in [2.45, 2.75) is 47.8 Å². The van der Waals surface area contributed by atoms with Crippen molar-refractivity contribution in [2.24, 2.45) is 16.7 Å². The summed E-state index contributed by atoms with van der Waals surface area (Å²) in [4.78, 5) is 11.4. The van der Waals surface area contributed by atoms with Gasteiger partial charge in [0.05, 0.1) is 5.89 Å². The van der Waals surface area contributed by atoms with Crippen LogP contribution in [0.2, 0.25) is 0 Å². The van der Waals surface area contributed by atoms with Gasteiger partial charge in [0.25, 0.3) is 0 Å².